The zero-order chi connectivity index (χ0) is 13.1. The number of hydrogen-bond donors (Lipinski definition) is 1. The molecule has 0 saturated carbocycles. The molecule has 6 heteroatoms. The number of aryl methyl sites for hydroxylation is 1. The molecule has 96 valence electrons. The van der Waals surface area contributed by atoms with E-state index in [1.165, 1.54) is 6.20 Å². The van der Waals surface area contributed by atoms with Gasteiger partial charge in [0, 0.05) is 18.5 Å². The monoisotopic (exact) mass is 249 g/mol. The van der Waals surface area contributed by atoms with Crippen molar-refractivity contribution >= 4 is 11.6 Å². The lowest BCUT2D eigenvalue weighted by Crippen LogP contribution is -2.11. The number of esters is 1. The number of nitrogens with zero attached hydrogens (tertiary/aromatic N) is 3. The molecule has 0 spiro atoms. The minimum Gasteiger partial charge on any atom is -0.460 e. The van der Waals surface area contributed by atoms with Gasteiger partial charge in [-0.1, -0.05) is 0 Å². The lowest BCUT2D eigenvalue weighted by Gasteiger charge is -2.06. The Balaban J connectivity index is 2.50. The minimum absolute atomic E-state index is 0.0392. The first-order valence-electron chi connectivity index (χ1n) is 5.79. The van der Waals surface area contributed by atoms with Gasteiger partial charge in [-0.2, -0.15) is 0 Å². The van der Waals surface area contributed by atoms with Crippen molar-refractivity contribution in [3.05, 3.63) is 29.5 Å². The average molecular weight is 249 g/mol. The first-order chi connectivity index (χ1) is 8.67. The molecule has 0 atom stereocenters. The van der Waals surface area contributed by atoms with Crippen LogP contribution in [0.15, 0.2) is 12.4 Å². The molecule has 18 heavy (non-hydrogen) atoms. The fraction of sp³-hybridized carbons (Fsp3) is 0.417. The van der Waals surface area contributed by atoms with Gasteiger partial charge >= 0.3 is 5.97 Å². The molecule has 0 aliphatic rings. The summed E-state index contributed by atoms with van der Waals surface area (Å²) >= 11 is 0. The summed E-state index contributed by atoms with van der Waals surface area (Å²) in [6, 6.07) is 0. The van der Waals surface area contributed by atoms with Crippen LogP contribution in [0.2, 0.25) is 0 Å². The summed E-state index contributed by atoms with van der Waals surface area (Å²) in [5.41, 5.74) is 2.30. The average Bonchev–Trinajstić information content (AvgIpc) is 2.73. The van der Waals surface area contributed by atoms with E-state index in [1.54, 1.807) is 17.5 Å². The van der Waals surface area contributed by atoms with E-state index >= 15 is 0 Å². The quantitative estimate of drug-likeness (QED) is 0.809. The number of imidazole rings is 1. The van der Waals surface area contributed by atoms with E-state index in [4.69, 9.17) is 9.84 Å². The first kappa shape index (κ1) is 12.5. The van der Waals surface area contributed by atoms with Crippen LogP contribution in [0, 0.1) is 6.92 Å². The Morgan fingerprint density at radius 3 is 3.00 bits per heavy atom. The lowest BCUT2D eigenvalue weighted by molar-refractivity contribution is 0.0511. The van der Waals surface area contributed by atoms with Gasteiger partial charge in [0.25, 0.3) is 0 Å². The van der Waals surface area contributed by atoms with Crippen LogP contribution in [0.1, 0.15) is 28.8 Å². The predicted molar refractivity (Wildman–Crippen MR) is 64.5 cm³/mol. The summed E-state index contributed by atoms with van der Waals surface area (Å²) in [7, 11) is 0. The third kappa shape index (κ3) is 2.19. The van der Waals surface area contributed by atoms with Crippen molar-refractivity contribution in [3.8, 4) is 0 Å². The number of rotatable bonds is 4. The van der Waals surface area contributed by atoms with Crippen LogP contribution in [-0.2, 0) is 11.2 Å². The van der Waals surface area contributed by atoms with E-state index < -0.39 is 5.97 Å². The maximum atomic E-state index is 11.7. The molecule has 2 heterocycles. The molecular weight excluding hydrogens is 234 g/mol. The molecule has 2 rings (SSSR count). The summed E-state index contributed by atoms with van der Waals surface area (Å²) in [6.45, 7) is 3.95. The third-order valence-electron chi connectivity index (χ3n) is 2.65. The summed E-state index contributed by atoms with van der Waals surface area (Å²) in [4.78, 5) is 20.0. The Hall–Kier alpha value is -1.95. The van der Waals surface area contributed by atoms with Gasteiger partial charge in [-0.05, 0) is 25.8 Å². The number of fused-ring (bicyclic) bond motifs is 1. The van der Waals surface area contributed by atoms with Crippen molar-refractivity contribution in [3.63, 3.8) is 0 Å². The second kappa shape index (κ2) is 5.14. The molecule has 0 radical (unpaired) electrons. The SMILES string of the molecule is CCOC(=O)c1ncc2nc(C)c(CCO)cn12. The molecule has 2 aromatic heterocycles. The van der Waals surface area contributed by atoms with Gasteiger partial charge in [0.2, 0.25) is 5.82 Å². The van der Waals surface area contributed by atoms with Crippen LogP contribution in [0.4, 0.5) is 0 Å². The van der Waals surface area contributed by atoms with E-state index in [9.17, 15) is 4.79 Å². The third-order valence-corrected chi connectivity index (χ3v) is 2.65. The second-order valence-electron chi connectivity index (χ2n) is 3.86. The molecular formula is C12H15N3O3. The van der Waals surface area contributed by atoms with Crippen LogP contribution < -0.4 is 0 Å². The van der Waals surface area contributed by atoms with Crippen LogP contribution in [0.25, 0.3) is 5.65 Å². The highest BCUT2D eigenvalue weighted by atomic mass is 16.5. The van der Waals surface area contributed by atoms with Gasteiger partial charge in [-0.15, -0.1) is 0 Å². The lowest BCUT2D eigenvalue weighted by atomic mass is 10.2. The van der Waals surface area contributed by atoms with Crippen molar-refractivity contribution in [2.75, 3.05) is 13.2 Å². The molecule has 0 aliphatic heterocycles. The van der Waals surface area contributed by atoms with Crippen LogP contribution in [0.5, 0.6) is 0 Å². The Bertz CT molecular complexity index is 577. The number of hydrogen-bond acceptors (Lipinski definition) is 5. The number of carbonyl (C=O) groups excluding carboxylic acids is 1. The van der Waals surface area contributed by atoms with Crippen molar-refractivity contribution in [2.45, 2.75) is 20.3 Å². The smallest absolute Gasteiger partial charge is 0.374 e. The van der Waals surface area contributed by atoms with Crippen LogP contribution in [0.3, 0.4) is 0 Å². The number of aliphatic hydroxyl groups excluding tert-OH is 1. The molecule has 0 unspecified atom stereocenters. The first-order valence-corrected chi connectivity index (χ1v) is 5.79. The van der Waals surface area contributed by atoms with Gasteiger partial charge in [-0.25, -0.2) is 14.8 Å². The van der Waals surface area contributed by atoms with E-state index in [1.807, 2.05) is 6.92 Å². The van der Waals surface area contributed by atoms with E-state index in [-0.39, 0.29) is 12.4 Å². The Kier molecular flexibility index (Phi) is 3.57. The van der Waals surface area contributed by atoms with E-state index in [0.717, 1.165) is 11.3 Å². The molecule has 0 bridgehead atoms. The van der Waals surface area contributed by atoms with Gasteiger partial charge in [-0.3, -0.25) is 4.40 Å². The molecule has 0 aromatic carbocycles. The highest BCUT2D eigenvalue weighted by Crippen LogP contribution is 2.12. The molecule has 0 amide bonds. The Labute approximate surface area is 104 Å². The largest absolute Gasteiger partial charge is 0.460 e. The Morgan fingerprint density at radius 1 is 1.56 bits per heavy atom. The number of ether oxygens (including phenoxy) is 1. The highest BCUT2D eigenvalue weighted by molar-refractivity contribution is 5.86. The number of aromatic nitrogens is 3. The molecule has 0 fully saturated rings. The second-order valence-corrected chi connectivity index (χ2v) is 3.86. The molecule has 0 saturated heterocycles. The molecule has 6 nitrogen and oxygen atoms in total. The van der Waals surface area contributed by atoms with Crippen molar-refractivity contribution in [2.24, 2.45) is 0 Å². The van der Waals surface area contributed by atoms with Crippen LogP contribution >= 0.6 is 0 Å². The number of aliphatic hydroxyl groups is 1. The molecule has 2 aromatic rings. The molecule has 1 N–H and O–H groups in total. The van der Waals surface area contributed by atoms with Crippen molar-refractivity contribution in [1.82, 2.24) is 14.4 Å². The standard InChI is InChI=1S/C12H15N3O3/c1-3-18-12(17)11-13-6-10-14-8(2)9(4-5-16)7-15(10)11/h6-7,16H,3-5H2,1-2H3. The zero-order valence-corrected chi connectivity index (χ0v) is 10.4. The number of carbonyl (C=O) groups is 1. The maximum absolute atomic E-state index is 11.7. The summed E-state index contributed by atoms with van der Waals surface area (Å²) in [5, 5.41) is 8.99. The fourth-order valence-corrected chi connectivity index (χ4v) is 1.77. The van der Waals surface area contributed by atoms with E-state index in [0.29, 0.717) is 18.7 Å². The van der Waals surface area contributed by atoms with E-state index in [2.05, 4.69) is 9.97 Å². The fourth-order valence-electron chi connectivity index (χ4n) is 1.77. The predicted octanol–water partition coefficient (Wildman–Crippen LogP) is 0.749. The van der Waals surface area contributed by atoms with Crippen molar-refractivity contribution < 1.29 is 14.6 Å². The minimum atomic E-state index is -0.474. The summed E-state index contributed by atoms with van der Waals surface area (Å²) in [6.07, 6.45) is 3.80. The summed E-state index contributed by atoms with van der Waals surface area (Å²) < 4.78 is 6.52. The van der Waals surface area contributed by atoms with Crippen molar-refractivity contribution in [1.29, 1.82) is 0 Å². The molecule has 0 aliphatic carbocycles. The van der Waals surface area contributed by atoms with Gasteiger partial charge in [0.05, 0.1) is 12.8 Å². The maximum Gasteiger partial charge on any atom is 0.374 e. The highest BCUT2D eigenvalue weighted by Gasteiger charge is 2.15. The normalized spacial score (nSPS) is 10.8. The van der Waals surface area contributed by atoms with Gasteiger partial charge in [0.15, 0.2) is 5.65 Å². The topological polar surface area (TPSA) is 76.7 Å². The van der Waals surface area contributed by atoms with Crippen LogP contribution in [-0.4, -0.2) is 38.7 Å². The zero-order valence-electron chi connectivity index (χ0n) is 10.4. The summed E-state index contributed by atoms with van der Waals surface area (Å²) in [5.74, 6) is -0.267. The Morgan fingerprint density at radius 2 is 2.33 bits per heavy atom. The van der Waals surface area contributed by atoms with Gasteiger partial charge in [0.1, 0.15) is 0 Å². The van der Waals surface area contributed by atoms with Gasteiger partial charge < -0.3 is 9.84 Å².